The highest BCUT2D eigenvalue weighted by molar-refractivity contribution is 5.35. The summed E-state index contributed by atoms with van der Waals surface area (Å²) in [5.74, 6) is 0. The van der Waals surface area contributed by atoms with Crippen molar-refractivity contribution < 1.29 is 0 Å². The lowest BCUT2D eigenvalue weighted by atomic mass is 9.81. The van der Waals surface area contributed by atoms with E-state index in [2.05, 4.69) is 74.0 Å². The average Bonchev–Trinajstić information content (AvgIpc) is 2.74. The van der Waals surface area contributed by atoms with Crippen molar-refractivity contribution in [3.63, 3.8) is 0 Å². The second-order valence-electron chi connectivity index (χ2n) is 4.76. The minimum absolute atomic E-state index is 0.0858. The van der Waals surface area contributed by atoms with Crippen molar-refractivity contribution >= 4 is 0 Å². The van der Waals surface area contributed by atoms with Crippen LogP contribution in [0.25, 0.3) is 0 Å². The van der Waals surface area contributed by atoms with Gasteiger partial charge in [-0.25, -0.2) is 0 Å². The van der Waals surface area contributed by atoms with E-state index in [0.29, 0.717) is 0 Å². The number of nitrogens with zero attached hydrogens (tertiary/aromatic N) is 2. The molecule has 2 nitrogen and oxygen atoms in total. The monoisotopic (exact) mass is 202 g/mol. The Hall–Kier alpha value is -1.44. The Kier molecular flexibility index (Phi) is 2.22. The molecule has 0 aromatic carbocycles. The summed E-state index contributed by atoms with van der Waals surface area (Å²) in [7, 11) is 4.12. The highest BCUT2D eigenvalue weighted by Crippen LogP contribution is 2.31. The van der Waals surface area contributed by atoms with Gasteiger partial charge < -0.3 is 9.13 Å². The normalized spacial score (nSPS) is 12.0. The zero-order chi connectivity index (χ0) is 11.1. The smallest absolute Gasteiger partial charge is 0.0176 e. The standard InChI is InChI=1S/C13H18N2/c1-13(2,11-5-7-14(3)9-11)12-6-8-15(4)10-12/h5-10H,1-4H3. The zero-order valence-corrected chi connectivity index (χ0v) is 9.86. The Bertz CT molecular complexity index is 418. The highest BCUT2D eigenvalue weighted by Gasteiger charge is 2.24. The molecule has 0 N–H and O–H groups in total. The van der Waals surface area contributed by atoms with Crippen molar-refractivity contribution in [3.05, 3.63) is 48.0 Å². The quantitative estimate of drug-likeness (QED) is 0.708. The molecule has 2 rings (SSSR count). The first kappa shape index (κ1) is 10.1. The van der Waals surface area contributed by atoms with Gasteiger partial charge in [0.05, 0.1) is 0 Å². The molecule has 80 valence electrons. The van der Waals surface area contributed by atoms with E-state index < -0.39 is 0 Å². The van der Waals surface area contributed by atoms with Crippen LogP contribution in [-0.2, 0) is 19.5 Å². The van der Waals surface area contributed by atoms with Gasteiger partial charge >= 0.3 is 0 Å². The molecule has 0 unspecified atom stereocenters. The number of hydrogen-bond acceptors (Lipinski definition) is 0. The minimum atomic E-state index is 0.0858. The van der Waals surface area contributed by atoms with Gasteiger partial charge in [-0.3, -0.25) is 0 Å². The van der Waals surface area contributed by atoms with Crippen LogP contribution in [-0.4, -0.2) is 9.13 Å². The van der Waals surface area contributed by atoms with Crippen LogP contribution in [0.5, 0.6) is 0 Å². The Morgan fingerprint density at radius 3 is 1.53 bits per heavy atom. The second-order valence-corrected chi connectivity index (χ2v) is 4.76. The zero-order valence-electron chi connectivity index (χ0n) is 9.86. The summed E-state index contributed by atoms with van der Waals surface area (Å²) < 4.78 is 4.19. The highest BCUT2D eigenvalue weighted by atomic mass is 14.9. The van der Waals surface area contributed by atoms with Gasteiger partial charge in [-0.15, -0.1) is 0 Å². The van der Waals surface area contributed by atoms with E-state index in [4.69, 9.17) is 0 Å². The summed E-state index contributed by atoms with van der Waals surface area (Å²) in [6.45, 7) is 4.52. The summed E-state index contributed by atoms with van der Waals surface area (Å²) in [4.78, 5) is 0. The number of rotatable bonds is 2. The van der Waals surface area contributed by atoms with E-state index in [1.54, 1.807) is 0 Å². The lowest BCUT2D eigenvalue weighted by molar-refractivity contribution is 0.637. The molecule has 0 saturated heterocycles. The summed E-state index contributed by atoms with van der Waals surface area (Å²) in [5.41, 5.74) is 2.80. The Morgan fingerprint density at radius 2 is 1.27 bits per heavy atom. The average molecular weight is 202 g/mol. The molecule has 15 heavy (non-hydrogen) atoms. The summed E-state index contributed by atoms with van der Waals surface area (Å²) >= 11 is 0. The molecule has 0 aliphatic heterocycles. The van der Waals surface area contributed by atoms with Gasteiger partial charge in [0.15, 0.2) is 0 Å². The third-order valence-electron chi connectivity index (χ3n) is 3.11. The van der Waals surface area contributed by atoms with E-state index in [9.17, 15) is 0 Å². The van der Waals surface area contributed by atoms with Crippen molar-refractivity contribution in [2.75, 3.05) is 0 Å². The largest absolute Gasteiger partial charge is 0.357 e. The molecule has 0 amide bonds. The number of hydrogen-bond donors (Lipinski definition) is 0. The molecule has 0 aliphatic carbocycles. The molecule has 0 fully saturated rings. The van der Waals surface area contributed by atoms with Crippen LogP contribution < -0.4 is 0 Å². The van der Waals surface area contributed by atoms with Gasteiger partial charge in [-0.1, -0.05) is 13.8 Å². The molecule has 0 atom stereocenters. The molecule has 0 saturated carbocycles. The third-order valence-corrected chi connectivity index (χ3v) is 3.11. The van der Waals surface area contributed by atoms with E-state index in [1.807, 2.05) is 0 Å². The molecular weight excluding hydrogens is 184 g/mol. The van der Waals surface area contributed by atoms with Crippen LogP contribution in [0.2, 0.25) is 0 Å². The van der Waals surface area contributed by atoms with Gasteiger partial charge in [0.2, 0.25) is 0 Å². The van der Waals surface area contributed by atoms with Crippen LogP contribution in [0.3, 0.4) is 0 Å². The van der Waals surface area contributed by atoms with Crippen molar-refractivity contribution in [2.24, 2.45) is 14.1 Å². The van der Waals surface area contributed by atoms with Crippen molar-refractivity contribution in [2.45, 2.75) is 19.3 Å². The number of aryl methyl sites for hydroxylation is 2. The minimum Gasteiger partial charge on any atom is -0.357 e. The van der Waals surface area contributed by atoms with Gasteiger partial charge in [0.1, 0.15) is 0 Å². The van der Waals surface area contributed by atoms with Crippen molar-refractivity contribution in [1.29, 1.82) is 0 Å². The fraction of sp³-hybridized carbons (Fsp3) is 0.385. The lowest BCUT2D eigenvalue weighted by Gasteiger charge is -2.22. The van der Waals surface area contributed by atoms with Crippen LogP contribution >= 0.6 is 0 Å². The van der Waals surface area contributed by atoms with E-state index in [-0.39, 0.29) is 5.41 Å². The fourth-order valence-electron chi connectivity index (χ4n) is 1.91. The first-order valence-electron chi connectivity index (χ1n) is 5.25. The number of aromatic nitrogens is 2. The second kappa shape index (κ2) is 3.30. The Morgan fingerprint density at radius 1 is 0.867 bits per heavy atom. The first-order chi connectivity index (χ1) is 7.00. The van der Waals surface area contributed by atoms with Crippen molar-refractivity contribution in [1.82, 2.24) is 9.13 Å². The predicted molar refractivity (Wildman–Crippen MR) is 63.0 cm³/mol. The van der Waals surface area contributed by atoms with Gasteiger partial charge in [0.25, 0.3) is 0 Å². The molecule has 0 radical (unpaired) electrons. The lowest BCUT2D eigenvalue weighted by Crippen LogP contribution is -2.17. The molecule has 2 aromatic heterocycles. The van der Waals surface area contributed by atoms with Crippen LogP contribution in [0.15, 0.2) is 36.9 Å². The fourth-order valence-corrected chi connectivity index (χ4v) is 1.91. The maximum atomic E-state index is 2.26. The van der Waals surface area contributed by atoms with E-state index in [1.165, 1.54) is 11.1 Å². The van der Waals surface area contributed by atoms with Crippen LogP contribution in [0.4, 0.5) is 0 Å². The molecular formula is C13H18N2. The Labute approximate surface area is 91.2 Å². The summed E-state index contributed by atoms with van der Waals surface area (Å²) in [6.07, 6.45) is 8.57. The molecule has 2 aromatic rings. The third kappa shape index (κ3) is 1.72. The van der Waals surface area contributed by atoms with Crippen LogP contribution in [0.1, 0.15) is 25.0 Å². The SMILES string of the molecule is Cn1ccc(C(C)(C)c2ccn(C)c2)c1. The van der Waals surface area contributed by atoms with E-state index in [0.717, 1.165) is 0 Å². The molecule has 0 bridgehead atoms. The van der Waals surface area contributed by atoms with Crippen LogP contribution in [0, 0.1) is 0 Å². The topological polar surface area (TPSA) is 9.86 Å². The summed E-state index contributed by atoms with van der Waals surface area (Å²) in [6, 6.07) is 4.38. The maximum Gasteiger partial charge on any atom is 0.0176 e. The Balaban J connectivity index is 2.42. The van der Waals surface area contributed by atoms with Gasteiger partial charge in [-0.05, 0) is 23.3 Å². The molecule has 0 aliphatic rings. The van der Waals surface area contributed by atoms with Gasteiger partial charge in [0, 0.05) is 44.3 Å². The van der Waals surface area contributed by atoms with Gasteiger partial charge in [-0.2, -0.15) is 0 Å². The summed E-state index contributed by atoms with van der Waals surface area (Å²) in [5, 5.41) is 0. The van der Waals surface area contributed by atoms with E-state index >= 15 is 0 Å². The maximum absolute atomic E-state index is 2.26. The predicted octanol–water partition coefficient (Wildman–Crippen LogP) is 2.69. The molecule has 2 heteroatoms. The molecule has 0 spiro atoms. The first-order valence-corrected chi connectivity index (χ1v) is 5.25. The van der Waals surface area contributed by atoms with Crippen molar-refractivity contribution in [3.8, 4) is 0 Å². The molecule has 2 heterocycles.